The lowest BCUT2D eigenvalue weighted by Gasteiger charge is -2.25. The summed E-state index contributed by atoms with van der Waals surface area (Å²) in [6, 6.07) is 21.0. The molecule has 7 nitrogen and oxygen atoms in total. The van der Waals surface area contributed by atoms with E-state index in [9.17, 15) is 9.59 Å². The molecule has 0 spiro atoms. The van der Waals surface area contributed by atoms with Gasteiger partial charge in [0.2, 0.25) is 0 Å². The number of fused-ring (bicyclic) bond motifs is 1. The van der Waals surface area contributed by atoms with E-state index in [-0.39, 0.29) is 11.5 Å². The van der Waals surface area contributed by atoms with Gasteiger partial charge < -0.3 is 14.8 Å². The number of nitrogens with one attached hydrogen (secondary N) is 1. The number of ether oxygens (including phenoxy) is 2. The molecule has 0 saturated carbocycles. The summed E-state index contributed by atoms with van der Waals surface area (Å²) in [7, 11) is 3.14. The van der Waals surface area contributed by atoms with E-state index >= 15 is 0 Å². The van der Waals surface area contributed by atoms with Gasteiger partial charge in [-0.15, -0.1) is 0 Å². The van der Waals surface area contributed by atoms with Gasteiger partial charge >= 0.3 is 0 Å². The molecule has 0 unspecified atom stereocenters. The Morgan fingerprint density at radius 1 is 1.05 bits per heavy atom. The topological polar surface area (TPSA) is 81.9 Å². The number of amides is 1. The van der Waals surface area contributed by atoms with Crippen molar-refractivity contribution in [3.8, 4) is 11.5 Å². The first kappa shape index (κ1) is 25.5. The number of carbonyl (C=O) groups excluding carboxylic acids is 1. The molecule has 0 fully saturated rings. The molecule has 1 atom stereocenters. The summed E-state index contributed by atoms with van der Waals surface area (Å²) in [6.07, 6.45) is 1.74. The van der Waals surface area contributed by atoms with E-state index in [1.165, 1.54) is 11.3 Å². The Labute approximate surface area is 228 Å². The fourth-order valence-corrected chi connectivity index (χ4v) is 5.64. The van der Waals surface area contributed by atoms with Crippen molar-refractivity contribution in [3.63, 3.8) is 0 Å². The summed E-state index contributed by atoms with van der Waals surface area (Å²) in [5.41, 5.74) is 2.67. The van der Waals surface area contributed by atoms with Gasteiger partial charge in [0.15, 0.2) is 4.80 Å². The van der Waals surface area contributed by atoms with Crippen LogP contribution in [0.2, 0.25) is 5.02 Å². The Bertz CT molecular complexity index is 1740. The number of halogens is 1. The lowest BCUT2D eigenvalue weighted by atomic mass is 9.95. The van der Waals surface area contributed by atoms with Crippen LogP contribution in [-0.2, 0) is 4.79 Å². The summed E-state index contributed by atoms with van der Waals surface area (Å²) in [5, 5.41) is 3.47. The van der Waals surface area contributed by atoms with Crippen LogP contribution >= 0.6 is 22.9 Å². The van der Waals surface area contributed by atoms with Gasteiger partial charge in [0.25, 0.3) is 11.5 Å². The highest BCUT2D eigenvalue weighted by molar-refractivity contribution is 7.07. The highest BCUT2D eigenvalue weighted by Gasteiger charge is 2.32. The summed E-state index contributed by atoms with van der Waals surface area (Å²) in [4.78, 5) is 32.7. The van der Waals surface area contributed by atoms with Gasteiger partial charge in [0.1, 0.15) is 11.5 Å². The second-order valence-corrected chi connectivity index (χ2v) is 10.0. The normalized spacial score (nSPS) is 15.1. The molecule has 1 aromatic heterocycles. The molecule has 3 aromatic carbocycles. The monoisotopic (exact) mass is 545 g/mol. The summed E-state index contributed by atoms with van der Waals surface area (Å²) >= 11 is 7.46. The molecule has 9 heteroatoms. The zero-order chi connectivity index (χ0) is 26.8. The number of nitrogens with zero attached hydrogens (tertiary/aromatic N) is 2. The van der Waals surface area contributed by atoms with E-state index in [1.54, 1.807) is 50.0 Å². The van der Waals surface area contributed by atoms with Crippen LogP contribution in [0, 0.1) is 0 Å². The van der Waals surface area contributed by atoms with Crippen LogP contribution in [0.25, 0.3) is 6.08 Å². The van der Waals surface area contributed by atoms with E-state index in [0.717, 1.165) is 5.56 Å². The van der Waals surface area contributed by atoms with Crippen molar-refractivity contribution >= 4 is 40.6 Å². The number of carbonyl (C=O) groups is 1. The number of anilines is 1. The Hall–Kier alpha value is -4.14. The maximum Gasteiger partial charge on any atom is 0.271 e. The number of hydrogen-bond acceptors (Lipinski definition) is 6. The summed E-state index contributed by atoms with van der Waals surface area (Å²) < 4.78 is 12.9. The minimum atomic E-state index is -0.714. The number of hydrogen-bond donors (Lipinski definition) is 1. The molecule has 1 amide bonds. The molecule has 0 radical (unpaired) electrons. The van der Waals surface area contributed by atoms with Gasteiger partial charge in [-0.25, -0.2) is 4.99 Å². The average molecular weight is 546 g/mol. The first-order chi connectivity index (χ1) is 18.4. The second kappa shape index (κ2) is 10.7. The first-order valence-corrected chi connectivity index (χ1v) is 13.0. The zero-order valence-corrected chi connectivity index (χ0v) is 22.5. The smallest absolute Gasteiger partial charge is 0.271 e. The van der Waals surface area contributed by atoms with Gasteiger partial charge in [-0.2, -0.15) is 0 Å². The van der Waals surface area contributed by atoms with Gasteiger partial charge in [0.05, 0.1) is 36.1 Å². The van der Waals surface area contributed by atoms with Crippen LogP contribution < -0.4 is 29.7 Å². The zero-order valence-electron chi connectivity index (χ0n) is 20.9. The van der Waals surface area contributed by atoms with Crippen molar-refractivity contribution in [1.29, 1.82) is 0 Å². The molecule has 38 heavy (non-hydrogen) atoms. The maximum absolute atomic E-state index is 13.9. The number of allylic oxidation sites excluding steroid dienone is 1. The Balaban J connectivity index is 1.71. The third-order valence-corrected chi connectivity index (χ3v) is 7.40. The predicted octanol–water partition coefficient (Wildman–Crippen LogP) is 4.54. The van der Waals surface area contributed by atoms with E-state index in [1.807, 2.05) is 54.6 Å². The van der Waals surface area contributed by atoms with Crippen LogP contribution in [0.15, 0.2) is 93.9 Å². The second-order valence-electron chi connectivity index (χ2n) is 8.56. The first-order valence-electron chi connectivity index (χ1n) is 11.8. The Morgan fingerprint density at radius 3 is 2.58 bits per heavy atom. The van der Waals surface area contributed by atoms with Crippen molar-refractivity contribution in [2.24, 2.45) is 4.99 Å². The van der Waals surface area contributed by atoms with Crippen LogP contribution in [0.1, 0.15) is 24.1 Å². The van der Waals surface area contributed by atoms with Gasteiger partial charge in [-0.05, 0) is 61.0 Å². The maximum atomic E-state index is 13.9. The highest BCUT2D eigenvalue weighted by atomic mass is 35.5. The molecular formula is C29H24ClN3O4S. The van der Waals surface area contributed by atoms with Gasteiger partial charge in [0, 0.05) is 16.3 Å². The van der Waals surface area contributed by atoms with Crippen molar-refractivity contribution in [2.75, 3.05) is 19.5 Å². The van der Waals surface area contributed by atoms with Crippen LogP contribution in [0.3, 0.4) is 0 Å². The number of benzene rings is 3. The number of thiazole rings is 1. The summed E-state index contributed by atoms with van der Waals surface area (Å²) in [6.45, 7) is 1.78. The lowest BCUT2D eigenvalue weighted by Crippen LogP contribution is -2.40. The molecule has 0 aliphatic carbocycles. The van der Waals surface area contributed by atoms with Crippen molar-refractivity contribution in [1.82, 2.24) is 4.57 Å². The van der Waals surface area contributed by atoms with Crippen LogP contribution in [0.4, 0.5) is 5.69 Å². The third kappa shape index (κ3) is 4.88. The van der Waals surface area contributed by atoms with E-state index < -0.39 is 6.04 Å². The molecule has 0 saturated heterocycles. The third-order valence-electron chi connectivity index (χ3n) is 6.19. The molecule has 192 valence electrons. The van der Waals surface area contributed by atoms with Crippen molar-refractivity contribution in [3.05, 3.63) is 120 Å². The molecule has 1 N–H and O–H groups in total. The summed E-state index contributed by atoms with van der Waals surface area (Å²) in [5.74, 6) is 0.866. The fourth-order valence-electron chi connectivity index (χ4n) is 4.42. The molecule has 0 bridgehead atoms. The molecular weight excluding hydrogens is 522 g/mol. The van der Waals surface area contributed by atoms with Gasteiger partial charge in [-0.3, -0.25) is 14.2 Å². The average Bonchev–Trinajstić information content (AvgIpc) is 3.22. The number of rotatable bonds is 6. The van der Waals surface area contributed by atoms with Gasteiger partial charge in [-0.1, -0.05) is 53.3 Å². The van der Waals surface area contributed by atoms with Crippen LogP contribution in [-0.4, -0.2) is 24.7 Å². The lowest BCUT2D eigenvalue weighted by molar-refractivity contribution is -0.113. The molecule has 1 aliphatic heterocycles. The molecule has 4 aromatic rings. The largest absolute Gasteiger partial charge is 0.497 e. The fraction of sp³-hybridized carbons (Fsp3) is 0.138. The molecule has 5 rings (SSSR count). The number of methoxy groups -OCH3 is 2. The minimum absolute atomic E-state index is 0.277. The minimum Gasteiger partial charge on any atom is -0.497 e. The highest BCUT2D eigenvalue weighted by Crippen LogP contribution is 2.32. The predicted molar refractivity (Wildman–Crippen MR) is 150 cm³/mol. The van der Waals surface area contributed by atoms with Crippen molar-refractivity contribution in [2.45, 2.75) is 13.0 Å². The Kier molecular flexibility index (Phi) is 7.18. The SMILES string of the molecule is COc1cccc([C@H]2C(C(=O)Nc3ccccc3)=C(C)N=c3s/c(=C\c4cc(Cl)ccc4OC)c(=O)n32)c1. The quantitative estimate of drug-likeness (QED) is 0.385. The molecule has 1 aliphatic rings. The number of aromatic nitrogens is 1. The Morgan fingerprint density at radius 2 is 1.84 bits per heavy atom. The van der Waals surface area contributed by atoms with E-state index in [4.69, 9.17) is 21.1 Å². The van der Waals surface area contributed by atoms with Crippen molar-refractivity contribution < 1.29 is 14.3 Å². The van der Waals surface area contributed by atoms with E-state index in [2.05, 4.69) is 10.3 Å². The standard InChI is InChI=1S/C29H24ClN3O4S/c1-17-25(27(34)32-21-9-5-4-6-10-21)26(18-8-7-11-22(15-18)36-2)33-28(35)24(38-29(33)31-17)16-19-14-20(30)12-13-23(19)37-3/h4-16,26H,1-3H3,(H,32,34)/b24-16-/t26-/m0/s1. The molecule has 2 heterocycles. The van der Waals surface area contributed by atoms with Crippen LogP contribution in [0.5, 0.6) is 11.5 Å². The van der Waals surface area contributed by atoms with E-state index in [0.29, 0.717) is 48.4 Å². The number of para-hydroxylation sites is 1.